The Bertz CT molecular complexity index is 987. The largest absolute Gasteiger partial charge is 0.325 e. The first kappa shape index (κ1) is 22.2. The first-order valence-electron chi connectivity index (χ1n) is 11.4. The molecule has 7 nitrogen and oxygen atoms in total. The Kier molecular flexibility index (Phi) is 5.91. The van der Waals surface area contributed by atoms with Crippen molar-refractivity contribution in [2.75, 3.05) is 32.1 Å². The predicted molar refractivity (Wildman–Crippen MR) is 124 cm³/mol. The Morgan fingerprint density at radius 3 is 2.25 bits per heavy atom. The van der Waals surface area contributed by atoms with Gasteiger partial charge in [-0.3, -0.25) is 9.80 Å². The van der Waals surface area contributed by atoms with E-state index in [0.29, 0.717) is 18.2 Å². The standard InChI is InChI=1S/C25H32N6O/c1-19(2)17-31-23(32)30(21-15-27-22(14-26)28-16-21)18-24(31)10-12-25(13-11-24,29(3)4)20-8-6-5-7-9-20/h5-9,15-16,19H,10-13,17-18H2,1-4H3. The molecule has 0 radical (unpaired) electrons. The van der Waals surface area contributed by atoms with Crippen molar-refractivity contribution in [3.05, 3.63) is 54.1 Å². The highest BCUT2D eigenvalue weighted by molar-refractivity contribution is 5.95. The minimum Gasteiger partial charge on any atom is -0.317 e. The zero-order valence-electron chi connectivity index (χ0n) is 19.5. The Morgan fingerprint density at radius 2 is 1.72 bits per heavy atom. The highest BCUT2D eigenvalue weighted by atomic mass is 16.2. The SMILES string of the molecule is CC(C)CN1C(=O)N(c2cnc(C#N)nc2)CC12CCC(c1ccccc1)(N(C)C)CC2. The lowest BCUT2D eigenvalue weighted by molar-refractivity contribution is 0.0230. The fourth-order valence-electron chi connectivity index (χ4n) is 5.45. The maximum atomic E-state index is 13.6. The quantitative estimate of drug-likeness (QED) is 0.713. The van der Waals surface area contributed by atoms with E-state index in [4.69, 9.17) is 5.26 Å². The Labute approximate surface area is 190 Å². The molecule has 2 fully saturated rings. The molecule has 0 bridgehead atoms. The van der Waals surface area contributed by atoms with Crippen LogP contribution in [0.25, 0.3) is 0 Å². The molecular weight excluding hydrogens is 400 g/mol. The van der Waals surface area contributed by atoms with Crippen molar-refractivity contribution in [2.45, 2.75) is 50.6 Å². The van der Waals surface area contributed by atoms with E-state index >= 15 is 0 Å². The molecule has 0 unspecified atom stereocenters. The summed E-state index contributed by atoms with van der Waals surface area (Å²) in [5, 5.41) is 9.01. The van der Waals surface area contributed by atoms with Crippen molar-refractivity contribution < 1.29 is 4.79 Å². The summed E-state index contributed by atoms with van der Waals surface area (Å²) in [5.41, 5.74) is 1.78. The topological polar surface area (TPSA) is 76.4 Å². The van der Waals surface area contributed by atoms with Crippen LogP contribution in [0.15, 0.2) is 42.7 Å². The van der Waals surface area contributed by atoms with Crippen LogP contribution in [-0.2, 0) is 5.54 Å². The number of hydrogen-bond acceptors (Lipinski definition) is 5. The Morgan fingerprint density at radius 1 is 1.09 bits per heavy atom. The van der Waals surface area contributed by atoms with E-state index in [1.807, 2.05) is 6.07 Å². The molecule has 4 rings (SSSR count). The molecule has 2 aromatic rings. The summed E-state index contributed by atoms with van der Waals surface area (Å²) < 4.78 is 0. The van der Waals surface area contributed by atoms with E-state index in [-0.39, 0.29) is 22.9 Å². The van der Waals surface area contributed by atoms with E-state index in [0.717, 1.165) is 32.2 Å². The molecule has 2 aliphatic rings. The lowest BCUT2D eigenvalue weighted by Gasteiger charge is -2.51. The van der Waals surface area contributed by atoms with Crippen molar-refractivity contribution >= 4 is 11.7 Å². The molecule has 1 aromatic carbocycles. The van der Waals surface area contributed by atoms with Gasteiger partial charge in [0.25, 0.3) is 0 Å². The second-order valence-corrected chi connectivity index (χ2v) is 9.77. The second kappa shape index (κ2) is 8.51. The summed E-state index contributed by atoms with van der Waals surface area (Å²) in [6, 6.07) is 12.7. The van der Waals surface area contributed by atoms with Gasteiger partial charge in [0.15, 0.2) is 0 Å². The normalized spacial score (nSPS) is 25.7. The van der Waals surface area contributed by atoms with Crippen LogP contribution in [0.4, 0.5) is 10.5 Å². The van der Waals surface area contributed by atoms with Crippen molar-refractivity contribution in [3.63, 3.8) is 0 Å². The fraction of sp³-hybridized carbons (Fsp3) is 0.520. The van der Waals surface area contributed by atoms with Crippen molar-refractivity contribution in [3.8, 4) is 6.07 Å². The average molecular weight is 433 g/mol. The number of carbonyl (C=O) groups excluding carboxylic acids is 1. The van der Waals surface area contributed by atoms with Crippen LogP contribution in [0.5, 0.6) is 0 Å². The molecule has 1 saturated heterocycles. The maximum Gasteiger partial charge on any atom is 0.325 e. The second-order valence-electron chi connectivity index (χ2n) is 9.77. The number of rotatable bonds is 5. The molecule has 1 aromatic heterocycles. The third-order valence-corrected chi connectivity index (χ3v) is 7.26. The summed E-state index contributed by atoms with van der Waals surface area (Å²) in [7, 11) is 4.33. The number of benzene rings is 1. The minimum absolute atomic E-state index is 0.0177. The van der Waals surface area contributed by atoms with E-state index in [2.05, 4.69) is 78.0 Å². The summed E-state index contributed by atoms with van der Waals surface area (Å²) in [6.45, 7) is 5.68. The van der Waals surface area contributed by atoms with E-state index < -0.39 is 0 Å². The predicted octanol–water partition coefficient (Wildman–Crippen LogP) is 4.02. The van der Waals surface area contributed by atoms with Gasteiger partial charge in [-0.2, -0.15) is 5.26 Å². The maximum absolute atomic E-state index is 13.6. The van der Waals surface area contributed by atoms with Gasteiger partial charge in [0.1, 0.15) is 6.07 Å². The van der Waals surface area contributed by atoms with Gasteiger partial charge in [0, 0.05) is 12.1 Å². The van der Waals surface area contributed by atoms with E-state index in [9.17, 15) is 4.79 Å². The third-order valence-electron chi connectivity index (χ3n) is 7.26. The van der Waals surface area contributed by atoms with Crippen molar-refractivity contribution in [1.82, 2.24) is 19.8 Å². The van der Waals surface area contributed by atoms with Gasteiger partial charge < -0.3 is 4.90 Å². The average Bonchev–Trinajstić information content (AvgIpc) is 3.06. The van der Waals surface area contributed by atoms with Gasteiger partial charge in [0.05, 0.1) is 30.2 Å². The van der Waals surface area contributed by atoms with Crippen LogP contribution < -0.4 is 4.90 Å². The summed E-state index contributed by atoms with van der Waals surface area (Å²) >= 11 is 0. The van der Waals surface area contributed by atoms with Crippen molar-refractivity contribution in [2.24, 2.45) is 5.92 Å². The van der Waals surface area contributed by atoms with Gasteiger partial charge in [-0.15, -0.1) is 0 Å². The van der Waals surface area contributed by atoms with Gasteiger partial charge >= 0.3 is 6.03 Å². The molecule has 1 aliphatic carbocycles. The number of hydrogen-bond donors (Lipinski definition) is 0. The van der Waals surface area contributed by atoms with Gasteiger partial charge in [0.2, 0.25) is 5.82 Å². The molecule has 0 atom stereocenters. The van der Waals surface area contributed by atoms with E-state index in [1.165, 1.54) is 5.56 Å². The molecule has 1 spiro atoms. The number of urea groups is 1. The molecule has 168 valence electrons. The number of aromatic nitrogens is 2. The van der Waals surface area contributed by atoms with Gasteiger partial charge in [-0.25, -0.2) is 14.8 Å². The first-order valence-corrected chi connectivity index (χ1v) is 11.4. The van der Waals surface area contributed by atoms with Crippen LogP contribution in [0.3, 0.4) is 0 Å². The van der Waals surface area contributed by atoms with Crippen molar-refractivity contribution in [1.29, 1.82) is 5.26 Å². The zero-order valence-corrected chi connectivity index (χ0v) is 19.5. The summed E-state index contributed by atoms with van der Waals surface area (Å²) in [4.78, 5) is 28.0. The Balaban J connectivity index is 1.65. The summed E-state index contributed by atoms with van der Waals surface area (Å²) in [6.07, 6.45) is 7.03. The van der Waals surface area contributed by atoms with Crippen LogP contribution >= 0.6 is 0 Å². The smallest absolute Gasteiger partial charge is 0.317 e. The number of nitrogens with zero attached hydrogens (tertiary/aromatic N) is 6. The van der Waals surface area contributed by atoms with Crippen LogP contribution in [0.2, 0.25) is 0 Å². The highest BCUT2D eigenvalue weighted by Gasteiger charge is 2.54. The highest BCUT2D eigenvalue weighted by Crippen LogP contribution is 2.49. The van der Waals surface area contributed by atoms with Gasteiger partial charge in [-0.1, -0.05) is 44.2 Å². The lowest BCUT2D eigenvalue weighted by Crippen LogP contribution is -2.56. The minimum atomic E-state index is -0.205. The van der Waals surface area contributed by atoms with E-state index in [1.54, 1.807) is 17.3 Å². The molecule has 2 heterocycles. The monoisotopic (exact) mass is 432 g/mol. The number of amides is 2. The molecule has 1 saturated carbocycles. The molecular formula is C25H32N6O. The van der Waals surface area contributed by atoms with Crippen LogP contribution in [0, 0.1) is 17.2 Å². The van der Waals surface area contributed by atoms with Crippen LogP contribution in [-0.4, -0.2) is 58.5 Å². The number of anilines is 1. The zero-order chi connectivity index (χ0) is 22.9. The fourth-order valence-corrected chi connectivity index (χ4v) is 5.45. The number of carbonyl (C=O) groups is 1. The molecule has 1 aliphatic heterocycles. The molecule has 32 heavy (non-hydrogen) atoms. The molecule has 2 amide bonds. The lowest BCUT2D eigenvalue weighted by atomic mass is 9.68. The van der Waals surface area contributed by atoms with Gasteiger partial charge in [-0.05, 0) is 51.3 Å². The first-order chi connectivity index (χ1) is 15.3. The molecule has 7 heteroatoms. The number of nitriles is 1. The third kappa shape index (κ3) is 3.73. The Hall–Kier alpha value is -2.98. The van der Waals surface area contributed by atoms with Crippen LogP contribution in [0.1, 0.15) is 50.9 Å². The molecule has 0 N–H and O–H groups in total. The summed E-state index contributed by atoms with van der Waals surface area (Å²) in [5.74, 6) is 0.494.